The molecule has 1 N–H and O–H groups in total. The number of pyridine rings is 1. The highest BCUT2D eigenvalue weighted by atomic mass is 16.5. The third kappa shape index (κ3) is 1.98. The third-order valence-electron chi connectivity index (χ3n) is 2.23. The molecule has 0 radical (unpaired) electrons. The molecule has 0 spiro atoms. The van der Waals surface area contributed by atoms with Gasteiger partial charge in [-0.2, -0.15) is 0 Å². The number of phenolic OH excluding ortho intramolecular Hbond substituents is 1. The first-order valence-corrected chi connectivity index (χ1v) is 5.19. The molecule has 0 amide bonds. The second-order valence-corrected chi connectivity index (χ2v) is 3.30. The fourth-order valence-electron chi connectivity index (χ4n) is 1.56. The lowest BCUT2D eigenvalue weighted by Crippen LogP contribution is -1.95. The van der Waals surface area contributed by atoms with E-state index in [0.29, 0.717) is 23.6 Å². The van der Waals surface area contributed by atoms with Crippen molar-refractivity contribution >= 4 is 0 Å². The van der Waals surface area contributed by atoms with Gasteiger partial charge in [0.05, 0.1) is 17.9 Å². The topological polar surface area (TPSA) is 42.4 Å². The highest BCUT2D eigenvalue weighted by molar-refractivity contribution is 5.73. The van der Waals surface area contributed by atoms with Crippen LogP contribution < -0.4 is 4.74 Å². The third-order valence-corrected chi connectivity index (χ3v) is 2.23. The van der Waals surface area contributed by atoms with Crippen molar-refractivity contribution in [1.29, 1.82) is 0 Å². The first-order valence-electron chi connectivity index (χ1n) is 5.19. The van der Waals surface area contributed by atoms with Crippen LogP contribution in [-0.4, -0.2) is 16.7 Å². The minimum Gasteiger partial charge on any atom is -0.507 e. The Labute approximate surface area is 94.3 Å². The van der Waals surface area contributed by atoms with Crippen LogP contribution in [0, 0.1) is 0 Å². The molecule has 0 aliphatic heterocycles. The Morgan fingerprint density at radius 2 is 2.06 bits per heavy atom. The summed E-state index contributed by atoms with van der Waals surface area (Å²) in [6.07, 6.45) is 1.69. The molecule has 0 aliphatic rings. The Morgan fingerprint density at radius 3 is 2.75 bits per heavy atom. The van der Waals surface area contributed by atoms with Crippen LogP contribution in [0.2, 0.25) is 0 Å². The summed E-state index contributed by atoms with van der Waals surface area (Å²) in [5, 5.41) is 9.85. The van der Waals surface area contributed by atoms with Gasteiger partial charge in [0.15, 0.2) is 0 Å². The first kappa shape index (κ1) is 10.5. The van der Waals surface area contributed by atoms with E-state index in [1.54, 1.807) is 18.3 Å². The smallest absolute Gasteiger partial charge is 0.132 e. The Hall–Kier alpha value is -2.03. The van der Waals surface area contributed by atoms with Gasteiger partial charge in [-0.1, -0.05) is 12.1 Å². The van der Waals surface area contributed by atoms with E-state index in [1.165, 1.54) is 0 Å². The lowest BCUT2D eigenvalue weighted by atomic mass is 10.1. The number of aromatic hydroxyl groups is 1. The molecule has 0 fully saturated rings. The van der Waals surface area contributed by atoms with Crippen LogP contribution in [0.15, 0.2) is 42.6 Å². The maximum absolute atomic E-state index is 9.85. The Morgan fingerprint density at radius 1 is 1.19 bits per heavy atom. The van der Waals surface area contributed by atoms with Gasteiger partial charge in [-0.05, 0) is 31.2 Å². The summed E-state index contributed by atoms with van der Waals surface area (Å²) in [7, 11) is 0. The molecule has 3 heteroatoms. The standard InChI is InChI=1S/C13H13NO2/c1-2-16-12-8-5-7-11(15)13(12)10-6-3-4-9-14-10/h3-9,15H,2H2,1H3. The zero-order chi connectivity index (χ0) is 11.4. The van der Waals surface area contributed by atoms with Crippen LogP contribution in [0.5, 0.6) is 11.5 Å². The number of aromatic nitrogens is 1. The quantitative estimate of drug-likeness (QED) is 0.856. The summed E-state index contributed by atoms with van der Waals surface area (Å²) in [6.45, 7) is 2.47. The monoisotopic (exact) mass is 215 g/mol. The van der Waals surface area contributed by atoms with E-state index in [4.69, 9.17) is 4.74 Å². The number of hydrogen-bond acceptors (Lipinski definition) is 3. The summed E-state index contributed by atoms with van der Waals surface area (Å²) < 4.78 is 5.47. The maximum Gasteiger partial charge on any atom is 0.132 e. The van der Waals surface area contributed by atoms with Crippen molar-refractivity contribution in [3.63, 3.8) is 0 Å². The number of hydrogen-bond donors (Lipinski definition) is 1. The van der Waals surface area contributed by atoms with Crippen molar-refractivity contribution in [3.05, 3.63) is 42.6 Å². The van der Waals surface area contributed by atoms with Crippen molar-refractivity contribution in [2.75, 3.05) is 6.61 Å². The number of benzene rings is 1. The molecule has 1 aromatic carbocycles. The highest BCUT2D eigenvalue weighted by Gasteiger charge is 2.11. The summed E-state index contributed by atoms with van der Waals surface area (Å²) in [5.74, 6) is 0.839. The van der Waals surface area contributed by atoms with Crippen molar-refractivity contribution in [2.24, 2.45) is 0 Å². The van der Waals surface area contributed by atoms with Gasteiger partial charge in [0.25, 0.3) is 0 Å². The van der Waals surface area contributed by atoms with Crippen LogP contribution in [0.1, 0.15) is 6.92 Å². The molecule has 0 atom stereocenters. The largest absolute Gasteiger partial charge is 0.507 e. The van der Waals surface area contributed by atoms with Gasteiger partial charge in [-0.25, -0.2) is 0 Å². The van der Waals surface area contributed by atoms with Crippen LogP contribution in [0.3, 0.4) is 0 Å². The molecule has 1 aromatic heterocycles. The molecule has 16 heavy (non-hydrogen) atoms. The zero-order valence-electron chi connectivity index (χ0n) is 9.05. The molecule has 0 unspecified atom stereocenters. The van der Waals surface area contributed by atoms with E-state index in [-0.39, 0.29) is 5.75 Å². The second-order valence-electron chi connectivity index (χ2n) is 3.30. The van der Waals surface area contributed by atoms with Crippen LogP contribution >= 0.6 is 0 Å². The fourth-order valence-corrected chi connectivity index (χ4v) is 1.56. The SMILES string of the molecule is CCOc1cccc(O)c1-c1ccccn1. The predicted molar refractivity (Wildman–Crippen MR) is 62.5 cm³/mol. The van der Waals surface area contributed by atoms with Crippen LogP contribution in [0.4, 0.5) is 0 Å². The minimum absolute atomic E-state index is 0.185. The van der Waals surface area contributed by atoms with Gasteiger partial charge < -0.3 is 9.84 Å². The molecule has 0 bridgehead atoms. The molecule has 2 aromatic rings. The van der Waals surface area contributed by atoms with Gasteiger partial charge in [-0.15, -0.1) is 0 Å². The number of nitrogens with zero attached hydrogens (tertiary/aromatic N) is 1. The average molecular weight is 215 g/mol. The summed E-state index contributed by atoms with van der Waals surface area (Å²) in [6, 6.07) is 10.8. The van der Waals surface area contributed by atoms with E-state index in [0.717, 1.165) is 0 Å². The fraction of sp³-hybridized carbons (Fsp3) is 0.154. The summed E-state index contributed by atoms with van der Waals surface area (Å²) >= 11 is 0. The lowest BCUT2D eigenvalue weighted by molar-refractivity contribution is 0.339. The minimum atomic E-state index is 0.185. The van der Waals surface area contributed by atoms with E-state index in [2.05, 4.69) is 4.98 Å². The van der Waals surface area contributed by atoms with Crippen molar-refractivity contribution < 1.29 is 9.84 Å². The van der Waals surface area contributed by atoms with Gasteiger partial charge in [-0.3, -0.25) is 4.98 Å². The molecule has 0 saturated heterocycles. The molecule has 0 aliphatic carbocycles. The van der Waals surface area contributed by atoms with Gasteiger partial charge in [0, 0.05) is 6.20 Å². The first-order chi connectivity index (χ1) is 7.83. The highest BCUT2D eigenvalue weighted by Crippen LogP contribution is 2.36. The molecular weight excluding hydrogens is 202 g/mol. The molecule has 3 nitrogen and oxygen atoms in total. The summed E-state index contributed by atoms with van der Waals surface area (Å²) in [4.78, 5) is 4.21. The summed E-state index contributed by atoms with van der Waals surface area (Å²) in [5.41, 5.74) is 1.36. The van der Waals surface area contributed by atoms with Gasteiger partial charge in [0.1, 0.15) is 11.5 Å². The molecule has 2 rings (SSSR count). The zero-order valence-corrected chi connectivity index (χ0v) is 9.05. The number of phenols is 1. The molecule has 1 heterocycles. The van der Waals surface area contributed by atoms with Crippen molar-refractivity contribution in [2.45, 2.75) is 6.92 Å². The van der Waals surface area contributed by atoms with E-state index in [1.807, 2.05) is 31.2 Å². The van der Waals surface area contributed by atoms with E-state index < -0.39 is 0 Å². The number of ether oxygens (including phenoxy) is 1. The maximum atomic E-state index is 9.85. The second kappa shape index (κ2) is 4.66. The van der Waals surface area contributed by atoms with Gasteiger partial charge in [0.2, 0.25) is 0 Å². The van der Waals surface area contributed by atoms with Crippen molar-refractivity contribution in [1.82, 2.24) is 4.98 Å². The number of rotatable bonds is 3. The average Bonchev–Trinajstić information content (AvgIpc) is 2.31. The Balaban J connectivity index is 2.54. The van der Waals surface area contributed by atoms with Crippen molar-refractivity contribution in [3.8, 4) is 22.8 Å². The lowest BCUT2D eigenvalue weighted by Gasteiger charge is -2.10. The molecular formula is C13H13NO2. The molecule has 82 valence electrons. The van der Waals surface area contributed by atoms with Gasteiger partial charge >= 0.3 is 0 Å². The van der Waals surface area contributed by atoms with E-state index >= 15 is 0 Å². The predicted octanol–water partition coefficient (Wildman–Crippen LogP) is 2.85. The normalized spacial score (nSPS) is 10.1. The Kier molecular flexibility index (Phi) is 3.05. The Bertz CT molecular complexity index is 469. The van der Waals surface area contributed by atoms with Crippen LogP contribution in [-0.2, 0) is 0 Å². The van der Waals surface area contributed by atoms with Crippen LogP contribution in [0.25, 0.3) is 11.3 Å². The molecule has 0 saturated carbocycles. The van der Waals surface area contributed by atoms with E-state index in [9.17, 15) is 5.11 Å².